The molecule has 0 bridgehead atoms. The molecule has 0 amide bonds. The van der Waals surface area contributed by atoms with E-state index in [1.165, 1.54) is 37.0 Å². The smallest absolute Gasteiger partial charge is 0.203 e. The molecule has 0 unspecified atom stereocenters. The van der Waals surface area contributed by atoms with Crippen molar-refractivity contribution in [3.05, 3.63) is 63.9 Å². The summed E-state index contributed by atoms with van der Waals surface area (Å²) in [6, 6.07) is 16.1. The zero-order chi connectivity index (χ0) is 20.3. The van der Waals surface area contributed by atoms with Gasteiger partial charge in [0.1, 0.15) is 5.75 Å². The highest BCUT2D eigenvalue weighted by molar-refractivity contribution is 9.10. The van der Waals surface area contributed by atoms with E-state index in [2.05, 4.69) is 38.4 Å². The first-order valence-corrected chi connectivity index (χ1v) is 11.7. The van der Waals surface area contributed by atoms with Gasteiger partial charge in [-0.25, -0.2) is 4.98 Å². The zero-order valence-corrected chi connectivity index (χ0v) is 19.0. The van der Waals surface area contributed by atoms with E-state index in [0.29, 0.717) is 0 Å². The number of ether oxygens (including phenoxy) is 1. The summed E-state index contributed by atoms with van der Waals surface area (Å²) in [7, 11) is 0. The van der Waals surface area contributed by atoms with Crippen molar-refractivity contribution >= 4 is 38.6 Å². The Balaban J connectivity index is 1.53. The minimum atomic E-state index is 0.741. The van der Waals surface area contributed by atoms with E-state index in [4.69, 9.17) is 4.74 Å². The fraction of sp³-hybridized carbons (Fsp3) is 0.304. The summed E-state index contributed by atoms with van der Waals surface area (Å²) in [5, 5.41) is 7.13. The van der Waals surface area contributed by atoms with Crippen LogP contribution in [-0.2, 0) is 0 Å². The lowest BCUT2D eigenvalue weighted by Crippen LogP contribution is -2.00. The number of unbranched alkanes of at least 4 members (excludes halogenated alkanes) is 4. The van der Waals surface area contributed by atoms with Crippen LogP contribution in [0.2, 0.25) is 0 Å². The summed E-state index contributed by atoms with van der Waals surface area (Å²) in [5.41, 5.74) is 6.00. The maximum atomic E-state index is 5.96. The van der Waals surface area contributed by atoms with Gasteiger partial charge in [-0.1, -0.05) is 72.8 Å². The molecule has 0 saturated carbocycles. The van der Waals surface area contributed by atoms with Crippen molar-refractivity contribution in [2.75, 3.05) is 12.0 Å². The second-order valence-electron chi connectivity index (χ2n) is 6.72. The van der Waals surface area contributed by atoms with Crippen molar-refractivity contribution in [1.82, 2.24) is 4.98 Å². The molecule has 0 saturated heterocycles. The predicted molar refractivity (Wildman–Crippen MR) is 127 cm³/mol. The molecule has 152 valence electrons. The van der Waals surface area contributed by atoms with Crippen LogP contribution in [0, 0.1) is 0 Å². The highest BCUT2D eigenvalue weighted by atomic mass is 79.9. The molecule has 3 aromatic rings. The molecular weight excluding hydrogens is 446 g/mol. The van der Waals surface area contributed by atoms with Crippen LogP contribution in [0.15, 0.2) is 63.5 Å². The lowest BCUT2D eigenvalue weighted by atomic mass is 10.2. The number of rotatable bonds is 11. The molecule has 1 heterocycles. The summed E-state index contributed by atoms with van der Waals surface area (Å²) in [5.74, 6) is 0.864. The van der Waals surface area contributed by atoms with Gasteiger partial charge in [0.15, 0.2) is 0 Å². The number of hydrazone groups is 1. The van der Waals surface area contributed by atoms with Gasteiger partial charge in [0.25, 0.3) is 0 Å². The number of nitrogens with zero attached hydrogens (tertiary/aromatic N) is 2. The largest absolute Gasteiger partial charge is 0.493 e. The van der Waals surface area contributed by atoms with Crippen LogP contribution < -0.4 is 10.2 Å². The van der Waals surface area contributed by atoms with Crippen molar-refractivity contribution in [2.24, 2.45) is 5.10 Å². The maximum Gasteiger partial charge on any atom is 0.203 e. The average Bonchev–Trinajstić information content (AvgIpc) is 3.21. The van der Waals surface area contributed by atoms with Gasteiger partial charge >= 0.3 is 0 Å². The molecule has 1 aromatic heterocycles. The molecule has 3 rings (SSSR count). The number of nitrogens with one attached hydrogen (secondary N) is 1. The summed E-state index contributed by atoms with van der Waals surface area (Å²) in [6.07, 6.45) is 7.93. The first kappa shape index (κ1) is 21.5. The van der Waals surface area contributed by atoms with Crippen molar-refractivity contribution in [3.8, 4) is 17.0 Å². The van der Waals surface area contributed by atoms with Gasteiger partial charge < -0.3 is 4.74 Å². The molecule has 0 fully saturated rings. The third-order valence-corrected chi connectivity index (χ3v) is 5.71. The lowest BCUT2D eigenvalue weighted by molar-refractivity contribution is 0.304. The molecule has 1 N–H and O–H groups in total. The third kappa shape index (κ3) is 6.98. The Labute approximate surface area is 185 Å². The van der Waals surface area contributed by atoms with Crippen LogP contribution in [0.1, 0.15) is 44.6 Å². The lowest BCUT2D eigenvalue weighted by Gasteiger charge is -2.08. The van der Waals surface area contributed by atoms with Gasteiger partial charge in [-0.2, -0.15) is 5.10 Å². The number of para-hydroxylation sites is 1. The first-order chi connectivity index (χ1) is 14.3. The fourth-order valence-electron chi connectivity index (χ4n) is 2.84. The summed E-state index contributed by atoms with van der Waals surface area (Å²) in [6.45, 7) is 2.97. The molecule has 0 radical (unpaired) electrons. The van der Waals surface area contributed by atoms with Crippen LogP contribution >= 0.6 is 27.3 Å². The Hall–Kier alpha value is -2.18. The SMILES string of the molecule is CCCCCCCOc1ccccc1/C=N\Nc1nc(-c2ccc(Br)cc2)cs1. The van der Waals surface area contributed by atoms with Crippen LogP contribution in [0.3, 0.4) is 0 Å². The Morgan fingerprint density at radius 3 is 2.69 bits per heavy atom. The normalized spacial score (nSPS) is 11.1. The van der Waals surface area contributed by atoms with Gasteiger partial charge in [-0.05, 0) is 30.7 Å². The van der Waals surface area contributed by atoms with Gasteiger partial charge in [0, 0.05) is 21.0 Å². The number of hydrogen-bond acceptors (Lipinski definition) is 5. The minimum Gasteiger partial charge on any atom is -0.493 e. The molecule has 0 atom stereocenters. The van der Waals surface area contributed by atoms with E-state index < -0.39 is 0 Å². The molecule has 0 aliphatic rings. The molecule has 2 aromatic carbocycles. The number of hydrogen-bond donors (Lipinski definition) is 1. The van der Waals surface area contributed by atoms with Crippen molar-refractivity contribution < 1.29 is 4.74 Å². The highest BCUT2D eigenvalue weighted by Crippen LogP contribution is 2.26. The standard InChI is InChI=1S/C23H26BrN3OS/c1-2-3-4-5-8-15-28-22-10-7-6-9-19(22)16-25-27-23-26-21(17-29-23)18-11-13-20(24)14-12-18/h6-7,9-14,16-17H,2-5,8,15H2,1H3,(H,26,27)/b25-16-. The molecular formula is C23H26BrN3OS. The molecule has 0 spiro atoms. The average molecular weight is 472 g/mol. The van der Waals surface area contributed by atoms with Crippen LogP contribution in [0.25, 0.3) is 11.3 Å². The van der Waals surface area contributed by atoms with Gasteiger partial charge in [0.05, 0.1) is 18.5 Å². The summed E-state index contributed by atoms with van der Waals surface area (Å²) < 4.78 is 7.01. The van der Waals surface area contributed by atoms with Crippen molar-refractivity contribution in [2.45, 2.75) is 39.0 Å². The van der Waals surface area contributed by atoms with Gasteiger partial charge in [-0.3, -0.25) is 5.43 Å². The zero-order valence-electron chi connectivity index (χ0n) is 16.6. The Bertz CT molecular complexity index is 908. The number of halogens is 1. The van der Waals surface area contributed by atoms with Crippen LogP contribution in [-0.4, -0.2) is 17.8 Å². The van der Waals surface area contributed by atoms with Crippen molar-refractivity contribution in [3.63, 3.8) is 0 Å². The first-order valence-electron chi connectivity index (χ1n) is 9.98. The second kappa shape index (κ2) is 11.7. The van der Waals surface area contributed by atoms with E-state index in [0.717, 1.165) is 45.2 Å². The number of anilines is 1. The number of thiazole rings is 1. The molecule has 29 heavy (non-hydrogen) atoms. The molecule has 0 aliphatic heterocycles. The van der Waals surface area contributed by atoms with Crippen LogP contribution in [0.4, 0.5) is 5.13 Å². The monoisotopic (exact) mass is 471 g/mol. The minimum absolute atomic E-state index is 0.741. The van der Waals surface area contributed by atoms with Gasteiger partial charge in [-0.15, -0.1) is 11.3 Å². The fourth-order valence-corrected chi connectivity index (χ4v) is 3.77. The van der Waals surface area contributed by atoms with E-state index >= 15 is 0 Å². The molecule has 0 aliphatic carbocycles. The Kier molecular flexibility index (Phi) is 8.71. The summed E-state index contributed by atoms with van der Waals surface area (Å²) >= 11 is 4.99. The topological polar surface area (TPSA) is 46.5 Å². The number of aromatic nitrogens is 1. The van der Waals surface area contributed by atoms with E-state index in [1.54, 1.807) is 6.21 Å². The maximum absolute atomic E-state index is 5.96. The Morgan fingerprint density at radius 2 is 1.86 bits per heavy atom. The third-order valence-electron chi connectivity index (χ3n) is 4.43. The van der Waals surface area contributed by atoms with Crippen LogP contribution in [0.5, 0.6) is 5.75 Å². The van der Waals surface area contributed by atoms with Gasteiger partial charge in [0.2, 0.25) is 5.13 Å². The van der Waals surface area contributed by atoms with Crippen molar-refractivity contribution in [1.29, 1.82) is 0 Å². The highest BCUT2D eigenvalue weighted by Gasteiger charge is 2.04. The van der Waals surface area contributed by atoms with E-state index in [9.17, 15) is 0 Å². The molecule has 4 nitrogen and oxygen atoms in total. The quantitative estimate of drug-likeness (QED) is 0.180. The number of benzene rings is 2. The predicted octanol–water partition coefficient (Wildman–Crippen LogP) is 7.37. The van der Waals surface area contributed by atoms with E-state index in [-0.39, 0.29) is 0 Å². The summed E-state index contributed by atoms with van der Waals surface area (Å²) in [4.78, 5) is 4.60. The second-order valence-corrected chi connectivity index (χ2v) is 8.49. The van der Waals surface area contributed by atoms with E-state index in [1.807, 2.05) is 53.9 Å². The Morgan fingerprint density at radius 1 is 1.07 bits per heavy atom. The molecule has 6 heteroatoms.